The van der Waals surface area contributed by atoms with Gasteiger partial charge in [-0.25, -0.2) is 4.98 Å². The van der Waals surface area contributed by atoms with Gasteiger partial charge in [0.1, 0.15) is 0 Å². The van der Waals surface area contributed by atoms with Crippen LogP contribution in [0.15, 0.2) is 29.8 Å². The maximum Gasteiger partial charge on any atom is 0.261 e. The van der Waals surface area contributed by atoms with E-state index in [-0.39, 0.29) is 24.3 Å². The molecule has 1 aromatic carbocycles. The molecule has 1 saturated heterocycles. The molecule has 2 aromatic rings. The average Bonchev–Trinajstić information content (AvgIpc) is 3.31. The molecule has 7 nitrogen and oxygen atoms in total. The van der Waals surface area contributed by atoms with Gasteiger partial charge >= 0.3 is 0 Å². The van der Waals surface area contributed by atoms with E-state index < -0.39 is 0 Å². The van der Waals surface area contributed by atoms with Gasteiger partial charge in [0.25, 0.3) is 11.8 Å². The molecular formula is C20H22N4O3S. The highest BCUT2D eigenvalue weighted by Gasteiger charge is 2.35. The average molecular weight is 398 g/mol. The summed E-state index contributed by atoms with van der Waals surface area (Å²) in [7, 11) is 0. The van der Waals surface area contributed by atoms with Crippen molar-refractivity contribution in [3.05, 3.63) is 46.5 Å². The van der Waals surface area contributed by atoms with Gasteiger partial charge in [-0.1, -0.05) is 11.6 Å². The Bertz CT molecular complexity index is 904. The first-order valence-corrected chi connectivity index (χ1v) is 10.3. The fraction of sp³-hybridized carbons (Fsp3) is 0.400. The largest absolute Gasteiger partial charge is 0.345 e. The molecule has 28 heavy (non-hydrogen) atoms. The zero-order valence-electron chi connectivity index (χ0n) is 15.8. The maximum atomic E-state index is 12.5. The second-order valence-electron chi connectivity index (χ2n) is 7.10. The summed E-state index contributed by atoms with van der Waals surface area (Å²) < 4.78 is 0. The lowest BCUT2D eigenvalue weighted by Crippen LogP contribution is -2.48. The van der Waals surface area contributed by atoms with E-state index in [0.29, 0.717) is 37.1 Å². The van der Waals surface area contributed by atoms with Gasteiger partial charge in [-0.2, -0.15) is 0 Å². The Morgan fingerprint density at radius 2 is 1.86 bits per heavy atom. The van der Waals surface area contributed by atoms with Crippen molar-refractivity contribution >= 4 is 34.2 Å². The molecule has 3 heterocycles. The molecule has 0 bridgehead atoms. The fourth-order valence-electron chi connectivity index (χ4n) is 3.67. The van der Waals surface area contributed by atoms with E-state index in [1.165, 1.54) is 4.90 Å². The number of amides is 3. The highest BCUT2D eigenvalue weighted by atomic mass is 32.1. The molecule has 0 unspecified atom stereocenters. The fourth-order valence-corrected chi connectivity index (χ4v) is 4.37. The van der Waals surface area contributed by atoms with Crippen molar-refractivity contribution in [2.24, 2.45) is 0 Å². The summed E-state index contributed by atoms with van der Waals surface area (Å²) in [4.78, 5) is 47.0. The number of benzene rings is 1. The van der Waals surface area contributed by atoms with Crippen LogP contribution < -0.4 is 4.90 Å². The van der Waals surface area contributed by atoms with Crippen LogP contribution in [0.4, 0.5) is 5.13 Å². The van der Waals surface area contributed by atoms with Crippen molar-refractivity contribution in [2.75, 3.05) is 37.6 Å². The number of hydrogen-bond donors (Lipinski definition) is 0. The Labute approximate surface area is 167 Å². The first-order valence-electron chi connectivity index (χ1n) is 9.43. The normalized spacial score (nSPS) is 16.7. The van der Waals surface area contributed by atoms with Gasteiger partial charge in [0.2, 0.25) is 5.91 Å². The minimum atomic E-state index is -0.260. The number of hydrogen-bond acceptors (Lipinski definition) is 6. The van der Waals surface area contributed by atoms with Crippen molar-refractivity contribution in [3.8, 4) is 0 Å². The van der Waals surface area contributed by atoms with Crippen molar-refractivity contribution < 1.29 is 14.4 Å². The number of thiazole rings is 1. The Kier molecular flexibility index (Phi) is 5.13. The van der Waals surface area contributed by atoms with Gasteiger partial charge in [0, 0.05) is 50.7 Å². The summed E-state index contributed by atoms with van der Waals surface area (Å²) in [5.74, 6) is -0.441. The molecule has 4 rings (SSSR count). The van der Waals surface area contributed by atoms with Crippen LogP contribution in [-0.4, -0.2) is 65.2 Å². The molecule has 0 aliphatic carbocycles. The predicted molar refractivity (Wildman–Crippen MR) is 107 cm³/mol. The maximum absolute atomic E-state index is 12.5. The van der Waals surface area contributed by atoms with Crippen molar-refractivity contribution in [1.29, 1.82) is 0 Å². The smallest absolute Gasteiger partial charge is 0.261 e. The van der Waals surface area contributed by atoms with E-state index >= 15 is 0 Å². The Morgan fingerprint density at radius 3 is 2.57 bits per heavy atom. The first kappa shape index (κ1) is 18.6. The summed E-state index contributed by atoms with van der Waals surface area (Å²) in [6.07, 6.45) is 2.61. The number of imide groups is 1. The van der Waals surface area contributed by atoms with Crippen molar-refractivity contribution in [3.63, 3.8) is 0 Å². The van der Waals surface area contributed by atoms with Gasteiger partial charge in [0.15, 0.2) is 5.13 Å². The molecule has 0 radical (unpaired) electrons. The second-order valence-corrected chi connectivity index (χ2v) is 7.97. The third-order valence-electron chi connectivity index (χ3n) is 5.22. The summed E-state index contributed by atoms with van der Waals surface area (Å²) in [5.41, 5.74) is 1.88. The van der Waals surface area contributed by atoms with Gasteiger partial charge < -0.3 is 9.80 Å². The number of fused-ring (bicyclic) bond motifs is 1. The third-order valence-corrected chi connectivity index (χ3v) is 6.05. The Morgan fingerprint density at radius 1 is 1.11 bits per heavy atom. The summed E-state index contributed by atoms with van der Waals surface area (Å²) in [6, 6.07) is 5.29. The lowest BCUT2D eigenvalue weighted by Gasteiger charge is -2.34. The molecule has 2 aliphatic heterocycles. The molecule has 0 atom stereocenters. The molecule has 0 N–H and O–H groups in total. The summed E-state index contributed by atoms with van der Waals surface area (Å²) >= 11 is 1.61. The summed E-state index contributed by atoms with van der Waals surface area (Å²) in [5, 5.41) is 2.95. The molecule has 3 amide bonds. The highest BCUT2D eigenvalue weighted by molar-refractivity contribution is 7.13. The number of carbonyl (C=O) groups is 3. The molecule has 0 saturated carbocycles. The van der Waals surface area contributed by atoms with Gasteiger partial charge in [-0.05, 0) is 25.5 Å². The minimum absolute atomic E-state index is 0.0752. The number of carbonyl (C=O) groups excluding carboxylic acids is 3. The molecule has 146 valence electrons. The number of rotatable bonds is 5. The zero-order chi connectivity index (χ0) is 19.7. The van der Waals surface area contributed by atoms with Crippen LogP contribution in [-0.2, 0) is 4.79 Å². The molecule has 2 aliphatic rings. The third kappa shape index (κ3) is 3.52. The zero-order valence-corrected chi connectivity index (χ0v) is 16.6. The number of aryl methyl sites for hydroxylation is 1. The van der Waals surface area contributed by atoms with Crippen LogP contribution >= 0.6 is 11.3 Å². The van der Waals surface area contributed by atoms with Crippen molar-refractivity contribution in [1.82, 2.24) is 14.8 Å². The number of anilines is 1. The second kappa shape index (κ2) is 7.71. The molecular weight excluding hydrogens is 376 g/mol. The topological polar surface area (TPSA) is 73.8 Å². The van der Waals surface area contributed by atoms with E-state index in [1.54, 1.807) is 29.7 Å². The molecule has 1 aromatic heterocycles. The van der Waals surface area contributed by atoms with Crippen LogP contribution in [0.5, 0.6) is 0 Å². The highest BCUT2D eigenvalue weighted by Crippen LogP contribution is 2.24. The number of aromatic nitrogens is 1. The monoisotopic (exact) mass is 398 g/mol. The van der Waals surface area contributed by atoms with Gasteiger partial charge in [0.05, 0.1) is 11.1 Å². The Hall–Kier alpha value is -2.74. The number of nitrogens with zero attached hydrogens (tertiary/aromatic N) is 4. The van der Waals surface area contributed by atoms with Crippen LogP contribution in [0.25, 0.3) is 0 Å². The lowest BCUT2D eigenvalue weighted by atomic mass is 10.1. The predicted octanol–water partition coefficient (Wildman–Crippen LogP) is 2.18. The van der Waals surface area contributed by atoms with Crippen molar-refractivity contribution in [2.45, 2.75) is 19.8 Å². The van der Waals surface area contributed by atoms with E-state index in [2.05, 4.69) is 9.88 Å². The van der Waals surface area contributed by atoms with E-state index in [4.69, 9.17) is 0 Å². The van der Waals surface area contributed by atoms with Gasteiger partial charge in [-0.3, -0.25) is 19.3 Å². The van der Waals surface area contributed by atoms with Crippen LogP contribution in [0.2, 0.25) is 0 Å². The quantitative estimate of drug-likeness (QED) is 0.722. The van der Waals surface area contributed by atoms with E-state index in [9.17, 15) is 14.4 Å². The standard InChI is InChI=1S/C20H22N4O3S/c1-14-4-5-15-16(13-14)19(27)24(18(15)26)7-2-3-17(25)22-8-10-23(11-9-22)20-21-6-12-28-20/h4-6,12-13H,2-3,7-11H2,1H3. The van der Waals surface area contributed by atoms with Gasteiger partial charge in [-0.15, -0.1) is 11.3 Å². The molecule has 0 spiro atoms. The van der Waals surface area contributed by atoms with Crippen LogP contribution in [0.3, 0.4) is 0 Å². The Balaban J connectivity index is 1.26. The summed E-state index contributed by atoms with van der Waals surface area (Å²) in [6.45, 7) is 5.06. The van der Waals surface area contributed by atoms with Crippen LogP contribution in [0.1, 0.15) is 39.1 Å². The SMILES string of the molecule is Cc1ccc2c(c1)C(=O)N(CCCC(=O)N1CCN(c3nccs3)CC1)C2=O. The van der Waals surface area contributed by atoms with Crippen LogP contribution in [0, 0.1) is 6.92 Å². The first-order chi connectivity index (χ1) is 13.5. The van der Waals surface area contributed by atoms with E-state index in [1.807, 2.05) is 23.3 Å². The van der Waals surface area contributed by atoms with E-state index in [0.717, 1.165) is 23.8 Å². The minimum Gasteiger partial charge on any atom is -0.345 e. The molecule has 1 fully saturated rings. The number of piperazine rings is 1. The molecule has 8 heteroatoms. The lowest BCUT2D eigenvalue weighted by molar-refractivity contribution is -0.131.